The van der Waals surface area contributed by atoms with Crippen molar-refractivity contribution in [1.29, 1.82) is 0 Å². The first-order valence-electron chi connectivity index (χ1n) is 18.7. The molecular weight excluding hydrogens is 564 g/mol. The molecule has 0 aromatic carbocycles. The minimum absolute atomic E-state index is 0.00301. The van der Waals surface area contributed by atoms with Crippen molar-refractivity contribution in [3.8, 4) is 0 Å². The van der Waals surface area contributed by atoms with Crippen molar-refractivity contribution in [2.24, 2.45) is 51.2 Å². The summed E-state index contributed by atoms with van der Waals surface area (Å²) in [6, 6.07) is 0. The van der Waals surface area contributed by atoms with Crippen LogP contribution in [0.15, 0.2) is 0 Å². The summed E-state index contributed by atoms with van der Waals surface area (Å²) in [6.45, 7) is 21.9. The van der Waals surface area contributed by atoms with E-state index in [-0.39, 0.29) is 22.9 Å². The first-order valence-corrected chi connectivity index (χ1v) is 20.1. The normalized spacial score (nSPS) is 46.9. The summed E-state index contributed by atoms with van der Waals surface area (Å²) in [6.07, 6.45) is 16.1. The van der Waals surface area contributed by atoms with E-state index in [0.717, 1.165) is 62.0 Å². The second-order valence-corrected chi connectivity index (χ2v) is 20.5. The third-order valence-corrected chi connectivity index (χ3v) is 16.7. The highest BCUT2D eigenvalue weighted by Crippen LogP contribution is 2.72. The lowest BCUT2D eigenvalue weighted by Gasteiger charge is -2.69. The Morgan fingerprint density at radius 1 is 0.909 bits per heavy atom. The molecule has 44 heavy (non-hydrogen) atoms. The lowest BCUT2D eigenvalue weighted by atomic mass is 9.36. The molecule has 5 saturated carbocycles. The first kappa shape index (κ1) is 33.4. The van der Waals surface area contributed by atoms with E-state index in [4.69, 9.17) is 4.74 Å². The largest absolute Gasteiger partial charge is 0.462 e. The van der Waals surface area contributed by atoms with Crippen molar-refractivity contribution in [3.05, 3.63) is 0 Å². The van der Waals surface area contributed by atoms with Gasteiger partial charge in [0.05, 0.1) is 12.3 Å². The standard InChI is InChI=1S/C38H66N2O3S/c1-9-26-24-40(25-44(26)42)22-21-39-38-17-10-11-29(38)27-12-13-31-36(7,28(27)14-20-38)18-15-30-35(5,6)32(16-19-37(30,31)8)43-33(41)23-34(2,3)4/h26-32,39H,9-25H2,1-8H3/t26?,27?,28?,29-,30?,31?,32?,36?,37?,38?,44?/m1/s1. The molecular formula is C38H66N2O3S. The number of nitrogens with one attached hydrogen (secondary N) is 1. The molecule has 10 unspecified atom stereocenters. The summed E-state index contributed by atoms with van der Waals surface area (Å²) in [5, 5.41) is 4.58. The van der Waals surface area contributed by atoms with E-state index in [2.05, 4.69) is 65.6 Å². The minimum Gasteiger partial charge on any atom is -0.462 e. The summed E-state index contributed by atoms with van der Waals surface area (Å²) < 4.78 is 18.7. The molecule has 6 aliphatic rings. The molecule has 0 aromatic rings. The zero-order chi connectivity index (χ0) is 31.7. The van der Waals surface area contributed by atoms with Gasteiger partial charge < -0.3 is 10.1 Å². The molecule has 11 atom stereocenters. The van der Waals surface area contributed by atoms with Crippen molar-refractivity contribution in [1.82, 2.24) is 10.2 Å². The van der Waals surface area contributed by atoms with Gasteiger partial charge in [0, 0.05) is 46.6 Å². The van der Waals surface area contributed by atoms with Crippen LogP contribution in [-0.2, 0) is 20.3 Å². The zero-order valence-electron chi connectivity index (χ0n) is 29.6. The lowest BCUT2D eigenvalue weighted by molar-refractivity contribution is -0.220. The number of hydrogen-bond donors (Lipinski definition) is 1. The molecule has 0 amide bonds. The topological polar surface area (TPSA) is 58.6 Å². The fourth-order valence-corrected chi connectivity index (χ4v) is 14.5. The van der Waals surface area contributed by atoms with Crippen LogP contribution in [0.3, 0.4) is 0 Å². The molecule has 1 aliphatic heterocycles. The lowest BCUT2D eigenvalue weighted by Crippen LogP contribution is -2.65. The fraction of sp³-hybridized carbons (Fsp3) is 0.974. The highest BCUT2D eigenvalue weighted by Gasteiger charge is 2.66. The Morgan fingerprint density at radius 3 is 2.36 bits per heavy atom. The Morgan fingerprint density at radius 2 is 1.66 bits per heavy atom. The van der Waals surface area contributed by atoms with Gasteiger partial charge in [-0.15, -0.1) is 0 Å². The predicted octanol–water partition coefficient (Wildman–Crippen LogP) is 7.94. The van der Waals surface area contributed by atoms with E-state index in [0.29, 0.717) is 34.0 Å². The predicted molar refractivity (Wildman–Crippen MR) is 182 cm³/mol. The van der Waals surface area contributed by atoms with Gasteiger partial charge in [-0.05, 0) is 116 Å². The molecule has 252 valence electrons. The summed E-state index contributed by atoms with van der Waals surface area (Å²) in [5.74, 6) is 4.73. The molecule has 0 aromatic heterocycles. The molecule has 5 nitrogen and oxygen atoms in total. The number of esters is 1. The van der Waals surface area contributed by atoms with Crippen LogP contribution in [0.5, 0.6) is 0 Å². The molecule has 6 rings (SSSR count). The van der Waals surface area contributed by atoms with Gasteiger partial charge in [-0.25, -0.2) is 0 Å². The van der Waals surface area contributed by atoms with Crippen LogP contribution in [0.4, 0.5) is 0 Å². The third-order valence-electron chi connectivity index (χ3n) is 14.9. The number of carbonyl (C=O) groups excluding carboxylic acids is 1. The van der Waals surface area contributed by atoms with Gasteiger partial charge >= 0.3 is 5.97 Å². The van der Waals surface area contributed by atoms with Crippen LogP contribution in [0, 0.1) is 51.2 Å². The number of carbonyl (C=O) groups is 1. The summed E-state index contributed by atoms with van der Waals surface area (Å²) in [4.78, 5) is 15.4. The van der Waals surface area contributed by atoms with Gasteiger partial charge in [-0.3, -0.25) is 13.9 Å². The summed E-state index contributed by atoms with van der Waals surface area (Å²) in [7, 11) is -0.664. The molecule has 6 fully saturated rings. The van der Waals surface area contributed by atoms with Gasteiger partial charge in [-0.2, -0.15) is 0 Å². The zero-order valence-corrected chi connectivity index (χ0v) is 30.5. The Labute approximate surface area is 272 Å². The number of hydrogen-bond acceptors (Lipinski definition) is 5. The monoisotopic (exact) mass is 630 g/mol. The van der Waals surface area contributed by atoms with E-state index >= 15 is 0 Å². The Hall–Kier alpha value is -0.460. The maximum absolute atomic E-state index is 12.9. The van der Waals surface area contributed by atoms with Crippen LogP contribution in [0.25, 0.3) is 0 Å². The average Bonchev–Trinajstić information content (AvgIpc) is 3.52. The van der Waals surface area contributed by atoms with Gasteiger partial charge in [0.1, 0.15) is 6.10 Å². The Balaban J connectivity index is 1.13. The van der Waals surface area contributed by atoms with Crippen molar-refractivity contribution < 1.29 is 13.7 Å². The molecule has 5 aliphatic carbocycles. The quantitative estimate of drug-likeness (QED) is 0.290. The molecule has 6 heteroatoms. The smallest absolute Gasteiger partial charge is 0.306 e. The van der Waals surface area contributed by atoms with Gasteiger partial charge in [0.15, 0.2) is 0 Å². The van der Waals surface area contributed by atoms with E-state index in [1.54, 1.807) is 0 Å². The van der Waals surface area contributed by atoms with E-state index in [1.165, 1.54) is 64.2 Å². The van der Waals surface area contributed by atoms with Crippen LogP contribution < -0.4 is 5.32 Å². The highest BCUT2D eigenvalue weighted by molar-refractivity contribution is 7.85. The first-order chi connectivity index (χ1) is 20.6. The van der Waals surface area contributed by atoms with Gasteiger partial charge in [-0.1, -0.05) is 61.8 Å². The van der Waals surface area contributed by atoms with Crippen molar-refractivity contribution in [2.45, 2.75) is 156 Å². The average molecular weight is 631 g/mol. The molecule has 0 spiro atoms. The fourth-order valence-electron chi connectivity index (χ4n) is 13.0. The molecule has 1 heterocycles. The Kier molecular flexibility index (Phi) is 9.04. The maximum Gasteiger partial charge on any atom is 0.306 e. The van der Waals surface area contributed by atoms with Crippen LogP contribution in [-0.4, -0.2) is 57.5 Å². The number of fused-ring (bicyclic) bond motifs is 7. The number of rotatable bonds is 7. The van der Waals surface area contributed by atoms with Crippen molar-refractivity contribution >= 4 is 16.8 Å². The van der Waals surface area contributed by atoms with Gasteiger partial charge in [0.25, 0.3) is 0 Å². The Bertz CT molecular complexity index is 1100. The summed E-state index contributed by atoms with van der Waals surface area (Å²) >= 11 is 0. The van der Waals surface area contributed by atoms with Crippen LogP contribution in [0.1, 0.15) is 139 Å². The van der Waals surface area contributed by atoms with Gasteiger partial charge in [0.2, 0.25) is 0 Å². The van der Waals surface area contributed by atoms with E-state index in [9.17, 15) is 9.00 Å². The van der Waals surface area contributed by atoms with Crippen LogP contribution in [0.2, 0.25) is 0 Å². The van der Waals surface area contributed by atoms with Crippen molar-refractivity contribution in [2.75, 3.05) is 25.5 Å². The minimum atomic E-state index is -0.664. The highest BCUT2D eigenvalue weighted by atomic mass is 32.2. The molecule has 1 saturated heterocycles. The van der Waals surface area contributed by atoms with Crippen molar-refractivity contribution in [3.63, 3.8) is 0 Å². The number of nitrogens with zero attached hydrogens (tertiary/aromatic N) is 1. The SMILES string of the molecule is CCC1CN(CCNC23CCC[C@@H]2C2CCC4C(C)(CCC5C(C)(C)C(OC(=O)CC(C)(C)C)CCC54C)C2CC3)CS1=O. The molecule has 0 radical (unpaired) electrons. The second kappa shape index (κ2) is 11.9. The molecule has 1 N–H and O–H groups in total. The summed E-state index contributed by atoms with van der Waals surface area (Å²) in [5.41, 5.74) is 1.10. The number of ether oxygens (including phenoxy) is 1. The maximum atomic E-state index is 12.9. The molecule has 0 bridgehead atoms. The van der Waals surface area contributed by atoms with E-state index in [1.807, 2.05) is 0 Å². The third kappa shape index (κ3) is 5.69. The van der Waals surface area contributed by atoms with E-state index < -0.39 is 10.8 Å². The second-order valence-electron chi connectivity index (χ2n) is 18.8. The van der Waals surface area contributed by atoms with Crippen LogP contribution >= 0.6 is 0 Å².